The fraction of sp³-hybridized carbons (Fsp3) is 0.500. The van der Waals surface area contributed by atoms with E-state index in [1.54, 1.807) is 36.2 Å². The normalized spacial score (nSPS) is 11.3. The number of phenols is 1. The van der Waals surface area contributed by atoms with E-state index in [0.717, 1.165) is 0 Å². The zero-order valence-corrected chi connectivity index (χ0v) is 11.3. The molecule has 4 nitrogen and oxygen atoms in total. The van der Waals surface area contributed by atoms with Crippen molar-refractivity contribution in [2.75, 3.05) is 18.5 Å². The van der Waals surface area contributed by atoms with Crippen LogP contribution in [0.5, 0.6) is 5.75 Å². The molecule has 0 radical (unpaired) electrons. The van der Waals surface area contributed by atoms with Crippen molar-refractivity contribution in [2.24, 2.45) is 11.1 Å². The van der Waals surface area contributed by atoms with E-state index in [9.17, 15) is 9.90 Å². The first-order chi connectivity index (χ1) is 8.50. The molecule has 0 spiro atoms. The maximum Gasteiger partial charge on any atom is 0.234 e. The van der Waals surface area contributed by atoms with Gasteiger partial charge in [-0.15, -0.1) is 0 Å². The van der Waals surface area contributed by atoms with Crippen LogP contribution in [0.25, 0.3) is 0 Å². The summed E-state index contributed by atoms with van der Waals surface area (Å²) >= 11 is 0. The van der Waals surface area contributed by atoms with Gasteiger partial charge in [-0.2, -0.15) is 0 Å². The maximum absolute atomic E-state index is 12.5. The molecule has 0 bridgehead atoms. The third kappa shape index (κ3) is 2.64. The van der Waals surface area contributed by atoms with E-state index in [0.29, 0.717) is 25.1 Å². The molecule has 1 rings (SSSR count). The Hall–Kier alpha value is -1.55. The molecule has 18 heavy (non-hydrogen) atoms. The molecule has 1 aromatic carbocycles. The van der Waals surface area contributed by atoms with Crippen LogP contribution in [0.1, 0.15) is 26.7 Å². The standard InChI is InChI=1S/C14H22N2O2/c1-4-14(5-2,10-15)13(18)16(3)11-7-6-8-12(17)9-11/h6-9,17H,4-5,10,15H2,1-3H3. The van der Waals surface area contributed by atoms with E-state index in [1.165, 1.54) is 0 Å². The number of benzene rings is 1. The molecule has 100 valence electrons. The molecule has 0 aliphatic heterocycles. The molecular weight excluding hydrogens is 228 g/mol. The first-order valence-electron chi connectivity index (χ1n) is 6.28. The highest BCUT2D eigenvalue weighted by atomic mass is 16.3. The quantitative estimate of drug-likeness (QED) is 0.841. The fourth-order valence-electron chi connectivity index (χ4n) is 2.10. The fourth-order valence-corrected chi connectivity index (χ4v) is 2.10. The highest BCUT2D eigenvalue weighted by Crippen LogP contribution is 2.30. The van der Waals surface area contributed by atoms with Gasteiger partial charge in [-0.05, 0) is 25.0 Å². The molecule has 0 heterocycles. The summed E-state index contributed by atoms with van der Waals surface area (Å²) in [5.41, 5.74) is 5.95. The third-order valence-electron chi connectivity index (χ3n) is 3.72. The number of aromatic hydroxyl groups is 1. The molecule has 0 atom stereocenters. The summed E-state index contributed by atoms with van der Waals surface area (Å²) in [5, 5.41) is 9.46. The smallest absolute Gasteiger partial charge is 0.234 e. The van der Waals surface area contributed by atoms with Gasteiger partial charge in [0.05, 0.1) is 5.41 Å². The molecule has 0 unspecified atom stereocenters. The summed E-state index contributed by atoms with van der Waals surface area (Å²) in [4.78, 5) is 14.1. The zero-order chi connectivity index (χ0) is 13.8. The lowest BCUT2D eigenvalue weighted by Gasteiger charge is -2.33. The summed E-state index contributed by atoms with van der Waals surface area (Å²) in [6.07, 6.45) is 1.42. The van der Waals surface area contributed by atoms with Crippen molar-refractivity contribution < 1.29 is 9.90 Å². The summed E-state index contributed by atoms with van der Waals surface area (Å²) in [6.45, 7) is 4.29. The Morgan fingerprint density at radius 1 is 1.39 bits per heavy atom. The average Bonchev–Trinajstić information content (AvgIpc) is 2.40. The summed E-state index contributed by atoms with van der Waals surface area (Å²) in [5.74, 6) is 0.152. The van der Waals surface area contributed by atoms with Crippen molar-refractivity contribution >= 4 is 11.6 Å². The van der Waals surface area contributed by atoms with Crippen LogP contribution in [0.15, 0.2) is 24.3 Å². The monoisotopic (exact) mass is 250 g/mol. The van der Waals surface area contributed by atoms with Crippen molar-refractivity contribution in [3.63, 3.8) is 0 Å². The predicted octanol–water partition coefficient (Wildman–Crippen LogP) is 2.12. The Morgan fingerprint density at radius 2 is 2.00 bits per heavy atom. The summed E-state index contributed by atoms with van der Waals surface area (Å²) in [6, 6.07) is 6.67. The van der Waals surface area contributed by atoms with Gasteiger partial charge in [0.2, 0.25) is 5.91 Å². The molecule has 0 saturated carbocycles. The molecule has 1 aromatic rings. The van der Waals surface area contributed by atoms with Gasteiger partial charge in [-0.3, -0.25) is 4.79 Å². The van der Waals surface area contributed by atoms with Crippen molar-refractivity contribution in [3.05, 3.63) is 24.3 Å². The number of carbonyl (C=O) groups is 1. The molecule has 0 fully saturated rings. The molecule has 1 amide bonds. The van der Waals surface area contributed by atoms with E-state index in [2.05, 4.69) is 0 Å². The third-order valence-corrected chi connectivity index (χ3v) is 3.72. The van der Waals surface area contributed by atoms with E-state index in [-0.39, 0.29) is 11.7 Å². The van der Waals surface area contributed by atoms with Crippen LogP contribution in [0.2, 0.25) is 0 Å². The number of hydrogen-bond acceptors (Lipinski definition) is 3. The highest BCUT2D eigenvalue weighted by molar-refractivity contribution is 5.97. The summed E-state index contributed by atoms with van der Waals surface area (Å²) in [7, 11) is 1.72. The number of amides is 1. The second-order valence-corrected chi connectivity index (χ2v) is 4.58. The Kier molecular flexibility index (Phi) is 4.73. The van der Waals surface area contributed by atoms with Gasteiger partial charge in [0.1, 0.15) is 5.75 Å². The molecule has 0 aliphatic carbocycles. The largest absolute Gasteiger partial charge is 0.508 e. The summed E-state index contributed by atoms with van der Waals surface area (Å²) < 4.78 is 0. The lowest BCUT2D eigenvalue weighted by Crippen LogP contribution is -2.46. The maximum atomic E-state index is 12.5. The van der Waals surface area contributed by atoms with Crippen LogP contribution < -0.4 is 10.6 Å². The number of anilines is 1. The number of phenolic OH excluding ortho intramolecular Hbond substituents is 1. The van der Waals surface area contributed by atoms with E-state index in [1.807, 2.05) is 13.8 Å². The van der Waals surface area contributed by atoms with Crippen molar-refractivity contribution in [1.29, 1.82) is 0 Å². The average molecular weight is 250 g/mol. The van der Waals surface area contributed by atoms with Crippen LogP contribution >= 0.6 is 0 Å². The van der Waals surface area contributed by atoms with Gasteiger partial charge in [0, 0.05) is 25.3 Å². The van der Waals surface area contributed by atoms with Gasteiger partial charge in [-0.1, -0.05) is 19.9 Å². The topological polar surface area (TPSA) is 66.6 Å². The van der Waals surface area contributed by atoms with Crippen LogP contribution in [0, 0.1) is 5.41 Å². The first kappa shape index (κ1) is 14.5. The first-order valence-corrected chi connectivity index (χ1v) is 6.28. The highest BCUT2D eigenvalue weighted by Gasteiger charge is 2.36. The Balaban J connectivity index is 3.03. The molecule has 0 aromatic heterocycles. The minimum absolute atomic E-state index is 0.000556. The van der Waals surface area contributed by atoms with Crippen LogP contribution in [-0.2, 0) is 4.79 Å². The Labute approximate surface area is 108 Å². The minimum Gasteiger partial charge on any atom is -0.508 e. The number of nitrogens with zero attached hydrogens (tertiary/aromatic N) is 1. The number of hydrogen-bond donors (Lipinski definition) is 2. The van der Waals surface area contributed by atoms with Crippen LogP contribution in [-0.4, -0.2) is 24.6 Å². The van der Waals surface area contributed by atoms with Crippen molar-refractivity contribution in [3.8, 4) is 5.75 Å². The predicted molar refractivity (Wildman–Crippen MR) is 73.6 cm³/mol. The molecule has 4 heteroatoms. The number of carbonyl (C=O) groups excluding carboxylic acids is 1. The zero-order valence-electron chi connectivity index (χ0n) is 11.3. The van der Waals surface area contributed by atoms with Crippen LogP contribution in [0.3, 0.4) is 0 Å². The molecule has 3 N–H and O–H groups in total. The van der Waals surface area contributed by atoms with Gasteiger partial charge in [0.15, 0.2) is 0 Å². The second-order valence-electron chi connectivity index (χ2n) is 4.58. The second kappa shape index (κ2) is 5.87. The van der Waals surface area contributed by atoms with Crippen molar-refractivity contribution in [2.45, 2.75) is 26.7 Å². The van der Waals surface area contributed by atoms with E-state index >= 15 is 0 Å². The lowest BCUT2D eigenvalue weighted by molar-refractivity contribution is -0.127. The molecular formula is C14H22N2O2. The Morgan fingerprint density at radius 3 is 2.44 bits per heavy atom. The number of rotatable bonds is 5. The SMILES string of the molecule is CCC(CC)(CN)C(=O)N(C)c1cccc(O)c1. The van der Waals surface area contributed by atoms with Gasteiger partial charge in [-0.25, -0.2) is 0 Å². The van der Waals surface area contributed by atoms with Crippen LogP contribution in [0.4, 0.5) is 5.69 Å². The molecule has 0 aliphatic rings. The van der Waals surface area contributed by atoms with Gasteiger partial charge < -0.3 is 15.7 Å². The van der Waals surface area contributed by atoms with Gasteiger partial charge >= 0.3 is 0 Å². The molecule has 0 saturated heterocycles. The van der Waals surface area contributed by atoms with Gasteiger partial charge in [0.25, 0.3) is 0 Å². The number of nitrogens with two attached hydrogens (primary N) is 1. The van der Waals surface area contributed by atoms with E-state index < -0.39 is 5.41 Å². The lowest BCUT2D eigenvalue weighted by atomic mass is 9.81. The van der Waals surface area contributed by atoms with Crippen molar-refractivity contribution in [1.82, 2.24) is 0 Å². The minimum atomic E-state index is -0.514. The Bertz CT molecular complexity index is 406. The van der Waals surface area contributed by atoms with E-state index in [4.69, 9.17) is 5.73 Å².